The molecular weight excluding hydrogens is 268 g/mol. The van der Waals surface area contributed by atoms with Gasteiger partial charge in [0.1, 0.15) is 0 Å². The van der Waals surface area contributed by atoms with Crippen LogP contribution in [0.2, 0.25) is 0 Å². The third-order valence-corrected chi connectivity index (χ3v) is 4.85. The number of carbonyl (C=O) groups excluding carboxylic acids is 2. The molecule has 0 aromatic heterocycles. The van der Waals surface area contributed by atoms with Gasteiger partial charge in [-0.1, -0.05) is 0 Å². The topological polar surface area (TPSA) is 74.8 Å². The van der Waals surface area contributed by atoms with Crippen molar-refractivity contribution in [3.63, 3.8) is 0 Å². The average Bonchev–Trinajstić information content (AvgIpc) is 2.61. The summed E-state index contributed by atoms with van der Waals surface area (Å²) in [7, 11) is -0.791. The molecule has 0 saturated carbocycles. The molecule has 0 radical (unpaired) electrons. The van der Waals surface area contributed by atoms with E-state index in [9.17, 15) is 18.0 Å². The van der Waals surface area contributed by atoms with Gasteiger partial charge in [-0.3, -0.25) is 9.59 Å². The van der Waals surface area contributed by atoms with Crippen LogP contribution in [0.3, 0.4) is 0 Å². The number of benzene rings is 1. The molecule has 0 atom stereocenters. The van der Waals surface area contributed by atoms with E-state index in [-0.39, 0.29) is 10.5 Å². The first-order chi connectivity index (χ1) is 8.80. The van der Waals surface area contributed by atoms with E-state index >= 15 is 0 Å². The van der Waals surface area contributed by atoms with Crippen LogP contribution in [0.4, 0.5) is 5.69 Å². The van der Waals surface area contributed by atoms with E-state index in [2.05, 4.69) is 0 Å². The lowest BCUT2D eigenvalue weighted by Crippen LogP contribution is -2.29. The molecule has 0 fully saturated rings. The zero-order chi connectivity index (χ0) is 14.4. The number of carbonyl (C=O) groups is 2. The van der Waals surface area contributed by atoms with Crippen molar-refractivity contribution in [1.82, 2.24) is 4.31 Å². The molecule has 0 aliphatic carbocycles. The minimum atomic E-state index is -3.61. The lowest BCUT2D eigenvalue weighted by molar-refractivity contribution is -0.114. The molecule has 1 aliphatic rings. The highest BCUT2D eigenvalue weighted by Gasteiger charge is 2.36. The maximum Gasteiger partial charge on any atom is 0.299 e. The number of rotatable bonds is 3. The molecule has 2 rings (SSSR count). The molecule has 6 nitrogen and oxygen atoms in total. The van der Waals surface area contributed by atoms with Gasteiger partial charge in [-0.25, -0.2) is 12.7 Å². The fourth-order valence-electron chi connectivity index (χ4n) is 1.96. The van der Waals surface area contributed by atoms with Gasteiger partial charge in [0.2, 0.25) is 10.0 Å². The number of fused-ring (bicyclic) bond motifs is 1. The zero-order valence-corrected chi connectivity index (χ0v) is 11.7. The molecule has 1 heterocycles. The highest BCUT2D eigenvalue weighted by Crippen LogP contribution is 2.31. The molecule has 102 valence electrons. The third kappa shape index (κ3) is 1.95. The van der Waals surface area contributed by atoms with Crippen LogP contribution in [-0.4, -0.2) is 45.1 Å². The van der Waals surface area contributed by atoms with Crippen LogP contribution in [0.1, 0.15) is 17.3 Å². The highest BCUT2D eigenvalue weighted by atomic mass is 32.2. The first-order valence-electron chi connectivity index (χ1n) is 5.73. The first kappa shape index (κ1) is 13.7. The second-order valence-corrected chi connectivity index (χ2v) is 6.50. The van der Waals surface area contributed by atoms with Gasteiger partial charge in [-0.15, -0.1) is 0 Å². The highest BCUT2D eigenvalue weighted by molar-refractivity contribution is 7.89. The molecule has 0 bridgehead atoms. The predicted octanol–water partition coefficient (Wildman–Crippen LogP) is 0.486. The zero-order valence-electron chi connectivity index (χ0n) is 10.9. The monoisotopic (exact) mass is 282 g/mol. The van der Waals surface area contributed by atoms with Crippen molar-refractivity contribution in [3.8, 4) is 0 Å². The van der Waals surface area contributed by atoms with Crippen molar-refractivity contribution in [3.05, 3.63) is 23.8 Å². The Morgan fingerprint density at radius 1 is 1.21 bits per heavy atom. The number of likely N-dealkylation sites (N-methyl/N-ethyl adjacent to an activating group) is 1. The molecule has 0 unspecified atom stereocenters. The summed E-state index contributed by atoms with van der Waals surface area (Å²) in [4.78, 5) is 24.9. The van der Waals surface area contributed by atoms with E-state index in [1.54, 1.807) is 6.92 Å². The number of sulfonamides is 1. The largest absolute Gasteiger partial charge is 0.305 e. The van der Waals surface area contributed by atoms with Crippen LogP contribution in [-0.2, 0) is 14.8 Å². The molecule has 1 aromatic carbocycles. The minimum Gasteiger partial charge on any atom is -0.305 e. The molecule has 1 aliphatic heterocycles. The number of amides is 1. The number of hydrogen-bond acceptors (Lipinski definition) is 4. The molecule has 0 saturated heterocycles. The van der Waals surface area contributed by atoms with Gasteiger partial charge < -0.3 is 4.90 Å². The summed E-state index contributed by atoms with van der Waals surface area (Å²) in [6, 6.07) is 4.17. The molecule has 1 amide bonds. The van der Waals surface area contributed by atoms with Gasteiger partial charge in [-0.05, 0) is 25.1 Å². The van der Waals surface area contributed by atoms with Crippen LogP contribution >= 0.6 is 0 Å². The predicted molar refractivity (Wildman–Crippen MR) is 69.7 cm³/mol. The van der Waals surface area contributed by atoms with Crippen LogP contribution in [0.15, 0.2) is 23.1 Å². The van der Waals surface area contributed by atoms with E-state index in [0.29, 0.717) is 12.2 Å². The normalized spacial score (nSPS) is 15.3. The van der Waals surface area contributed by atoms with Crippen LogP contribution < -0.4 is 4.90 Å². The van der Waals surface area contributed by atoms with Crippen molar-refractivity contribution < 1.29 is 18.0 Å². The summed E-state index contributed by atoms with van der Waals surface area (Å²) in [6.07, 6.45) is 0. The van der Waals surface area contributed by atoms with Gasteiger partial charge in [0.15, 0.2) is 0 Å². The van der Waals surface area contributed by atoms with Gasteiger partial charge in [0, 0.05) is 20.6 Å². The standard InChI is InChI=1S/C12H14N2O4S/c1-4-14-10-6-5-8(19(17,18)13(2)3)7-9(10)11(15)12(14)16/h5-7H,4H2,1-3H3. The van der Waals surface area contributed by atoms with Crippen molar-refractivity contribution in [1.29, 1.82) is 0 Å². The average molecular weight is 282 g/mol. The fourth-order valence-corrected chi connectivity index (χ4v) is 2.89. The van der Waals surface area contributed by atoms with E-state index in [0.717, 1.165) is 4.31 Å². The van der Waals surface area contributed by atoms with Crippen LogP contribution in [0.25, 0.3) is 0 Å². The summed E-state index contributed by atoms with van der Waals surface area (Å²) in [5.74, 6) is -1.27. The number of hydrogen-bond donors (Lipinski definition) is 0. The summed E-state index contributed by atoms with van der Waals surface area (Å²) in [6.45, 7) is 2.13. The Morgan fingerprint density at radius 2 is 1.84 bits per heavy atom. The number of anilines is 1. The van der Waals surface area contributed by atoms with E-state index in [4.69, 9.17) is 0 Å². The second-order valence-electron chi connectivity index (χ2n) is 4.34. The number of Topliss-reactive ketones (excluding diaryl/α,β-unsaturated/α-hetero) is 1. The fraction of sp³-hybridized carbons (Fsp3) is 0.333. The van der Waals surface area contributed by atoms with Crippen LogP contribution in [0.5, 0.6) is 0 Å². The molecule has 0 N–H and O–H groups in total. The summed E-state index contributed by atoms with van der Waals surface area (Å²) in [5, 5.41) is 0. The van der Waals surface area contributed by atoms with E-state index in [1.807, 2.05) is 0 Å². The number of nitrogens with zero attached hydrogens (tertiary/aromatic N) is 2. The minimum absolute atomic E-state index is 0.00959. The van der Waals surface area contributed by atoms with E-state index < -0.39 is 21.7 Å². The van der Waals surface area contributed by atoms with Gasteiger partial charge >= 0.3 is 0 Å². The van der Waals surface area contributed by atoms with Crippen molar-refractivity contribution in [2.75, 3.05) is 25.5 Å². The van der Waals surface area contributed by atoms with Crippen molar-refractivity contribution >= 4 is 27.4 Å². The Hall–Kier alpha value is -1.73. The summed E-state index contributed by atoms with van der Waals surface area (Å²) < 4.78 is 25.0. The summed E-state index contributed by atoms with van der Waals surface area (Å²) in [5.41, 5.74) is 0.616. The third-order valence-electron chi connectivity index (χ3n) is 3.04. The van der Waals surface area contributed by atoms with Crippen molar-refractivity contribution in [2.24, 2.45) is 0 Å². The van der Waals surface area contributed by atoms with Gasteiger partial charge in [-0.2, -0.15) is 0 Å². The Morgan fingerprint density at radius 3 is 2.37 bits per heavy atom. The Labute approximate surface area is 111 Å². The molecule has 7 heteroatoms. The lowest BCUT2D eigenvalue weighted by Gasteiger charge is -2.15. The lowest BCUT2D eigenvalue weighted by atomic mass is 10.1. The molecule has 1 aromatic rings. The van der Waals surface area contributed by atoms with Crippen molar-refractivity contribution in [2.45, 2.75) is 11.8 Å². The Kier molecular flexibility index (Phi) is 3.19. The summed E-state index contributed by atoms with van der Waals surface area (Å²) >= 11 is 0. The maximum atomic E-state index is 12.0. The maximum absolute atomic E-state index is 12.0. The molecule has 0 spiro atoms. The van der Waals surface area contributed by atoms with Gasteiger partial charge in [0.05, 0.1) is 16.1 Å². The first-order valence-corrected chi connectivity index (χ1v) is 7.17. The Bertz CT molecular complexity index is 664. The van der Waals surface area contributed by atoms with Gasteiger partial charge in [0.25, 0.3) is 11.7 Å². The van der Waals surface area contributed by atoms with Crippen LogP contribution in [0, 0.1) is 0 Å². The molecule has 19 heavy (non-hydrogen) atoms. The molecular formula is C12H14N2O4S. The quantitative estimate of drug-likeness (QED) is 0.756. The Balaban J connectivity index is 2.60. The second kappa shape index (κ2) is 4.43. The number of ketones is 1. The van der Waals surface area contributed by atoms with E-state index in [1.165, 1.54) is 37.2 Å². The SMILES string of the molecule is CCN1C(=O)C(=O)c2cc(S(=O)(=O)N(C)C)ccc21. The smallest absolute Gasteiger partial charge is 0.299 e.